The average Bonchev–Trinajstić information content (AvgIpc) is 3.50. The molecule has 0 saturated carbocycles. The van der Waals surface area contributed by atoms with Gasteiger partial charge >= 0.3 is 0 Å². The van der Waals surface area contributed by atoms with Gasteiger partial charge in [0.25, 0.3) is 0 Å². The molecule has 11 heteroatoms. The lowest BCUT2D eigenvalue weighted by Crippen LogP contribution is -2.29. The minimum absolute atomic E-state index is 0.0863. The minimum atomic E-state index is -0.421. The number of hydrogen-bond donors (Lipinski definition) is 2. The zero-order valence-corrected chi connectivity index (χ0v) is 23.1. The van der Waals surface area contributed by atoms with Gasteiger partial charge < -0.3 is 24.7 Å². The molecule has 0 aliphatic carbocycles. The zero-order chi connectivity index (χ0) is 26.8. The van der Waals surface area contributed by atoms with Crippen LogP contribution in [0.15, 0.2) is 81.8 Å². The number of carbonyl (C=O) groups is 1. The number of furan rings is 1. The number of halogens is 3. The zero-order valence-electron chi connectivity index (χ0n) is 20.0. The number of amides is 1. The number of benzene rings is 2. The molecule has 2 atom stereocenters. The number of anilines is 2. The third-order valence-electron chi connectivity index (χ3n) is 5.99. The summed E-state index contributed by atoms with van der Waals surface area (Å²) in [6.07, 6.45) is 1.72. The second-order valence-electron chi connectivity index (χ2n) is 8.47. The van der Waals surface area contributed by atoms with E-state index >= 15 is 0 Å². The average molecular weight is 616 g/mol. The molecule has 1 aliphatic heterocycles. The molecule has 0 spiro atoms. The summed E-state index contributed by atoms with van der Waals surface area (Å²) in [5.74, 6) is 0.521. The second kappa shape index (κ2) is 11.2. The number of ether oxygens (including phenoxy) is 1. The van der Waals surface area contributed by atoms with Crippen molar-refractivity contribution in [1.29, 1.82) is 0 Å². The van der Waals surface area contributed by atoms with E-state index in [-0.39, 0.29) is 24.4 Å². The van der Waals surface area contributed by atoms with E-state index in [9.17, 15) is 9.18 Å². The Balaban J connectivity index is 1.55. The molecule has 194 valence electrons. The van der Waals surface area contributed by atoms with Gasteiger partial charge in [-0.15, -0.1) is 0 Å². The highest BCUT2D eigenvalue weighted by Gasteiger charge is 2.42. The fourth-order valence-electron chi connectivity index (χ4n) is 4.34. The van der Waals surface area contributed by atoms with Crippen LogP contribution in [0.2, 0.25) is 5.02 Å². The highest BCUT2D eigenvalue weighted by Crippen LogP contribution is 2.44. The maximum Gasteiger partial charge on any atom is 0.250 e. The van der Waals surface area contributed by atoms with Crippen molar-refractivity contribution in [2.24, 2.45) is 0 Å². The second-order valence-corrected chi connectivity index (χ2v) is 10.1. The predicted molar refractivity (Wildman–Crippen MR) is 152 cm³/mol. The van der Waals surface area contributed by atoms with Crippen LogP contribution in [0.4, 0.5) is 15.8 Å². The Morgan fingerprint density at radius 2 is 2.08 bits per heavy atom. The summed E-state index contributed by atoms with van der Waals surface area (Å²) in [5.41, 5.74) is 2.64. The van der Waals surface area contributed by atoms with E-state index in [1.807, 2.05) is 41.3 Å². The number of rotatable bonds is 7. The molecular weight excluding hydrogens is 595 g/mol. The Morgan fingerprint density at radius 1 is 1.24 bits per heavy atom. The smallest absolute Gasteiger partial charge is 0.250 e. The van der Waals surface area contributed by atoms with Gasteiger partial charge in [0.05, 0.1) is 22.4 Å². The van der Waals surface area contributed by atoms with Gasteiger partial charge in [-0.25, -0.2) is 4.39 Å². The van der Waals surface area contributed by atoms with Crippen LogP contribution in [0.3, 0.4) is 0 Å². The first-order chi connectivity index (χ1) is 18.4. The molecule has 2 aromatic carbocycles. The van der Waals surface area contributed by atoms with Crippen LogP contribution in [-0.4, -0.2) is 29.7 Å². The van der Waals surface area contributed by atoms with Crippen LogP contribution in [-0.2, 0) is 9.53 Å². The monoisotopic (exact) mass is 614 g/mol. The van der Waals surface area contributed by atoms with Crippen molar-refractivity contribution in [1.82, 2.24) is 10.3 Å². The Labute approximate surface area is 237 Å². The molecule has 1 amide bonds. The van der Waals surface area contributed by atoms with Crippen molar-refractivity contribution in [3.63, 3.8) is 0 Å². The topological polar surface area (TPSA) is 79.6 Å². The molecule has 1 saturated heterocycles. The Hall–Kier alpha value is -3.31. The van der Waals surface area contributed by atoms with Crippen molar-refractivity contribution in [3.8, 4) is 11.3 Å². The molecule has 2 aromatic heterocycles. The van der Waals surface area contributed by atoms with Gasteiger partial charge in [-0.3, -0.25) is 9.78 Å². The van der Waals surface area contributed by atoms with Crippen LogP contribution < -0.4 is 15.5 Å². The molecule has 0 unspecified atom stereocenters. The largest absolute Gasteiger partial charge is 0.459 e. The highest BCUT2D eigenvalue weighted by atomic mass is 79.9. The summed E-state index contributed by atoms with van der Waals surface area (Å²) in [7, 11) is 1.44. The maximum absolute atomic E-state index is 13.7. The van der Waals surface area contributed by atoms with Gasteiger partial charge in [0.2, 0.25) is 5.91 Å². The molecule has 2 N–H and O–H groups in total. The summed E-state index contributed by atoms with van der Waals surface area (Å²) < 4.78 is 25.5. The Kier molecular flexibility index (Phi) is 7.75. The van der Waals surface area contributed by atoms with Gasteiger partial charge in [0.1, 0.15) is 30.0 Å². The Morgan fingerprint density at radius 3 is 2.79 bits per heavy atom. The number of hydrogen-bond acceptors (Lipinski definition) is 5. The van der Waals surface area contributed by atoms with Gasteiger partial charge in [-0.1, -0.05) is 17.7 Å². The van der Waals surface area contributed by atoms with Crippen LogP contribution in [0.1, 0.15) is 23.5 Å². The van der Waals surface area contributed by atoms with E-state index in [2.05, 4.69) is 31.5 Å². The molecule has 5 rings (SSSR count). The number of nitrogens with zero attached hydrogens (tertiary/aromatic N) is 2. The van der Waals surface area contributed by atoms with Crippen LogP contribution in [0.5, 0.6) is 0 Å². The van der Waals surface area contributed by atoms with Crippen molar-refractivity contribution >= 4 is 62.1 Å². The lowest BCUT2D eigenvalue weighted by Gasteiger charge is -2.26. The van der Waals surface area contributed by atoms with Gasteiger partial charge in [-0.05, 0) is 88.8 Å². The van der Waals surface area contributed by atoms with Gasteiger partial charge in [0, 0.05) is 29.0 Å². The maximum atomic E-state index is 13.7. The summed E-state index contributed by atoms with van der Waals surface area (Å²) in [4.78, 5) is 18.4. The Bertz CT molecular complexity index is 1500. The summed E-state index contributed by atoms with van der Waals surface area (Å²) >= 11 is 15.7. The molecule has 1 fully saturated rings. The first-order valence-electron chi connectivity index (χ1n) is 11.5. The van der Waals surface area contributed by atoms with Crippen molar-refractivity contribution in [2.75, 3.05) is 23.9 Å². The SMILES string of the molecule is COCC(=O)Nc1ccc(N2C(=S)N[C@@H](c3ccccn3)[C@@H]2c2ccc(-c3ccc(F)cc3Br)o2)cc1Cl. The standard InChI is InChI=1S/C27H21BrClFN4O3S/c1-36-14-24(35)32-20-8-6-16(13-19(20)29)34-26(25(33-27(34)38)21-4-2-3-11-31-21)23-10-9-22(37-23)17-7-5-15(30)12-18(17)28/h2-13,25-26H,14H2,1H3,(H,32,35)(H,33,38)/t25-,26-/m0/s1. The normalized spacial score (nSPS) is 16.9. The number of methoxy groups -OCH3 is 1. The van der Waals surface area contributed by atoms with Crippen molar-refractivity contribution in [2.45, 2.75) is 12.1 Å². The fourth-order valence-corrected chi connectivity index (χ4v) is 5.45. The number of nitrogens with one attached hydrogen (secondary N) is 2. The van der Waals surface area contributed by atoms with E-state index in [4.69, 9.17) is 33.0 Å². The lowest BCUT2D eigenvalue weighted by molar-refractivity contribution is -0.119. The van der Waals surface area contributed by atoms with Crippen LogP contribution in [0, 0.1) is 5.82 Å². The van der Waals surface area contributed by atoms with Gasteiger partial charge in [-0.2, -0.15) is 0 Å². The van der Waals surface area contributed by atoms with Crippen molar-refractivity contribution in [3.05, 3.63) is 99.7 Å². The third kappa shape index (κ3) is 5.30. The van der Waals surface area contributed by atoms with E-state index < -0.39 is 6.04 Å². The van der Waals surface area contributed by atoms with E-state index in [1.54, 1.807) is 24.4 Å². The van der Waals surface area contributed by atoms with E-state index in [0.29, 0.717) is 43.1 Å². The molecule has 4 aromatic rings. The molecular formula is C27H21BrClFN4O3S. The van der Waals surface area contributed by atoms with Gasteiger partial charge in [0.15, 0.2) is 5.11 Å². The first-order valence-corrected chi connectivity index (χ1v) is 13.1. The first kappa shape index (κ1) is 26.3. The minimum Gasteiger partial charge on any atom is -0.459 e. The number of pyridine rings is 1. The summed E-state index contributed by atoms with van der Waals surface area (Å²) in [6, 6.07) is 18.3. The predicted octanol–water partition coefficient (Wildman–Crippen LogP) is 6.66. The number of thiocarbonyl (C=S) groups is 1. The molecule has 38 heavy (non-hydrogen) atoms. The van der Waals surface area contributed by atoms with E-state index in [0.717, 1.165) is 5.69 Å². The fraction of sp³-hybridized carbons (Fsp3) is 0.148. The van der Waals surface area contributed by atoms with Crippen molar-refractivity contribution < 1.29 is 18.3 Å². The number of aromatic nitrogens is 1. The molecule has 1 aliphatic rings. The summed E-state index contributed by atoms with van der Waals surface area (Å²) in [6.45, 7) is -0.0863. The third-order valence-corrected chi connectivity index (χ3v) is 7.28. The molecule has 3 heterocycles. The van der Waals surface area contributed by atoms with E-state index in [1.165, 1.54) is 19.2 Å². The highest BCUT2D eigenvalue weighted by molar-refractivity contribution is 9.10. The lowest BCUT2D eigenvalue weighted by atomic mass is 10.0. The molecule has 7 nitrogen and oxygen atoms in total. The number of carbonyl (C=O) groups excluding carboxylic acids is 1. The van der Waals surface area contributed by atoms with Crippen LogP contribution >= 0.6 is 39.7 Å². The molecule has 0 bridgehead atoms. The summed E-state index contributed by atoms with van der Waals surface area (Å²) in [5, 5.41) is 6.89. The molecule has 0 radical (unpaired) electrons. The van der Waals surface area contributed by atoms with Crippen LogP contribution in [0.25, 0.3) is 11.3 Å². The quantitative estimate of drug-likeness (QED) is 0.225.